The van der Waals surface area contributed by atoms with E-state index in [1.807, 2.05) is 61.5 Å². The highest BCUT2D eigenvalue weighted by Crippen LogP contribution is 2.28. The van der Waals surface area contributed by atoms with E-state index >= 15 is 0 Å². The normalized spacial score (nSPS) is 12.8. The summed E-state index contributed by atoms with van der Waals surface area (Å²) >= 11 is 0. The fourth-order valence-corrected chi connectivity index (χ4v) is 4.66. The number of anilines is 2. The van der Waals surface area contributed by atoms with Gasteiger partial charge in [0.2, 0.25) is 16.0 Å². The molecule has 3 aromatic carbocycles. The minimum absolute atomic E-state index is 0.160. The molecule has 0 saturated carbocycles. The number of aryl methyl sites for hydroxylation is 1. The lowest BCUT2D eigenvalue weighted by Gasteiger charge is -2.24. The lowest BCUT2D eigenvalue weighted by Crippen LogP contribution is -2.50. The predicted octanol–water partition coefficient (Wildman–Crippen LogP) is 3.12. The molecule has 10 nitrogen and oxygen atoms in total. The van der Waals surface area contributed by atoms with Gasteiger partial charge >= 0.3 is 0 Å². The van der Waals surface area contributed by atoms with Crippen molar-refractivity contribution in [3.05, 3.63) is 102 Å². The van der Waals surface area contributed by atoms with E-state index in [2.05, 4.69) is 20.6 Å². The molecule has 4 aromatic rings. The molecule has 1 aromatic heterocycles. The van der Waals surface area contributed by atoms with Crippen molar-refractivity contribution in [3.8, 4) is 11.1 Å². The highest BCUT2D eigenvalue weighted by Gasteiger charge is 2.29. The number of imidazole rings is 1. The second-order valence-electron chi connectivity index (χ2n) is 9.51. The van der Waals surface area contributed by atoms with Crippen LogP contribution < -0.4 is 14.9 Å². The number of carbonyl (C=O) groups is 2. The van der Waals surface area contributed by atoms with Gasteiger partial charge in [0.1, 0.15) is 0 Å². The molecule has 40 heavy (non-hydrogen) atoms. The Hall–Kier alpha value is -4.48. The van der Waals surface area contributed by atoms with Crippen LogP contribution in [-0.2, 0) is 21.2 Å². The van der Waals surface area contributed by atoms with E-state index in [-0.39, 0.29) is 17.9 Å². The van der Waals surface area contributed by atoms with Crippen molar-refractivity contribution in [2.24, 2.45) is 0 Å². The van der Waals surface area contributed by atoms with E-state index in [1.165, 1.54) is 25.5 Å². The third-order valence-corrected chi connectivity index (χ3v) is 7.60. The van der Waals surface area contributed by atoms with Crippen molar-refractivity contribution < 1.29 is 23.1 Å². The van der Waals surface area contributed by atoms with Gasteiger partial charge in [-0.25, -0.2) is 13.4 Å². The zero-order valence-corrected chi connectivity index (χ0v) is 23.1. The first-order valence-electron chi connectivity index (χ1n) is 12.5. The molecule has 11 heteroatoms. The van der Waals surface area contributed by atoms with Crippen molar-refractivity contribution in [1.82, 2.24) is 15.3 Å². The zero-order chi connectivity index (χ0) is 28.9. The third kappa shape index (κ3) is 7.13. The minimum Gasteiger partial charge on any atom is -0.381 e. The van der Waals surface area contributed by atoms with Gasteiger partial charge in [0, 0.05) is 25.0 Å². The van der Waals surface area contributed by atoms with Crippen molar-refractivity contribution in [2.45, 2.75) is 25.5 Å². The molecule has 0 bridgehead atoms. The molecular weight excluding hydrogens is 530 g/mol. The summed E-state index contributed by atoms with van der Waals surface area (Å²) < 4.78 is 25.8. The maximum Gasteiger partial charge on any atom is 0.257 e. The second kappa shape index (κ2) is 12.1. The molecular formula is C29H31N5O5S. The summed E-state index contributed by atoms with van der Waals surface area (Å²) in [6.45, 7) is 1.94. The molecule has 208 valence electrons. The maximum absolute atomic E-state index is 13.6. The number of benzene rings is 3. The summed E-state index contributed by atoms with van der Waals surface area (Å²) in [6.07, 6.45) is 2.60. The average molecular weight is 562 g/mol. The van der Waals surface area contributed by atoms with Crippen LogP contribution in [0, 0.1) is 6.92 Å². The number of nitrogens with one attached hydrogen (secondary N) is 3. The van der Waals surface area contributed by atoms with Crippen LogP contribution >= 0.6 is 0 Å². The number of aliphatic hydroxyl groups is 1. The lowest BCUT2D eigenvalue weighted by molar-refractivity contribution is -0.125. The number of nitrogens with zero attached hydrogens (tertiary/aromatic N) is 2. The van der Waals surface area contributed by atoms with E-state index in [9.17, 15) is 23.1 Å². The van der Waals surface area contributed by atoms with Gasteiger partial charge in [-0.1, -0.05) is 60.2 Å². The number of carbonyl (C=O) groups excluding carboxylic acids is 2. The first-order chi connectivity index (χ1) is 19.0. The summed E-state index contributed by atoms with van der Waals surface area (Å²) in [7, 11) is -2.21. The predicted molar refractivity (Wildman–Crippen MR) is 154 cm³/mol. The number of H-pyrrole nitrogens is 1. The Balaban J connectivity index is 1.69. The molecule has 2 amide bonds. The highest BCUT2D eigenvalue weighted by molar-refractivity contribution is 7.92. The third-order valence-electron chi connectivity index (χ3n) is 6.40. The van der Waals surface area contributed by atoms with E-state index in [1.54, 1.807) is 12.1 Å². The van der Waals surface area contributed by atoms with Gasteiger partial charge in [-0.05, 0) is 48.2 Å². The van der Waals surface area contributed by atoms with Gasteiger partial charge in [0.15, 0.2) is 6.10 Å². The van der Waals surface area contributed by atoms with Crippen LogP contribution in [0.2, 0.25) is 0 Å². The Labute approximate surface area is 233 Å². The molecule has 4 N–H and O–H groups in total. The Morgan fingerprint density at radius 2 is 1.77 bits per heavy atom. The van der Waals surface area contributed by atoms with Gasteiger partial charge in [0.05, 0.1) is 18.0 Å². The molecule has 4 rings (SSSR count). The molecule has 0 unspecified atom stereocenters. The number of hydrogen-bond donors (Lipinski definition) is 4. The fraction of sp³-hybridized carbons (Fsp3) is 0.207. The van der Waals surface area contributed by atoms with E-state index in [0.717, 1.165) is 27.3 Å². The molecule has 0 radical (unpaired) electrons. The molecule has 0 fully saturated rings. The van der Waals surface area contributed by atoms with Crippen LogP contribution in [0.4, 0.5) is 11.6 Å². The van der Waals surface area contributed by atoms with Gasteiger partial charge in [-0.3, -0.25) is 19.2 Å². The Morgan fingerprint density at radius 1 is 1.02 bits per heavy atom. The first kappa shape index (κ1) is 28.5. The monoisotopic (exact) mass is 561 g/mol. The smallest absolute Gasteiger partial charge is 0.257 e. The van der Waals surface area contributed by atoms with Crippen LogP contribution in [0.15, 0.2) is 85.2 Å². The van der Waals surface area contributed by atoms with Gasteiger partial charge in [0.25, 0.3) is 11.8 Å². The molecule has 0 aliphatic heterocycles. The SMILES string of the molecule is Cc1cccc(-c2cc(C(=O)N[C@@H](Cc3ccccc3)[C@@H](O)C(=O)Nc3ncc[nH]3)cc(N(C)S(C)(=O)=O)c2)c1. The number of sulfonamides is 1. The Kier molecular flexibility index (Phi) is 8.66. The van der Waals surface area contributed by atoms with Crippen LogP contribution in [0.25, 0.3) is 11.1 Å². The topological polar surface area (TPSA) is 144 Å². The van der Waals surface area contributed by atoms with Gasteiger partial charge < -0.3 is 15.4 Å². The minimum atomic E-state index is -3.62. The molecule has 1 heterocycles. The Bertz CT molecular complexity index is 1590. The number of hydrogen-bond acceptors (Lipinski definition) is 6. The summed E-state index contributed by atoms with van der Waals surface area (Å²) in [5.41, 5.74) is 3.69. The van der Waals surface area contributed by atoms with Crippen LogP contribution in [0.5, 0.6) is 0 Å². The van der Waals surface area contributed by atoms with E-state index < -0.39 is 34.0 Å². The summed E-state index contributed by atoms with van der Waals surface area (Å²) in [5.74, 6) is -1.17. The summed E-state index contributed by atoms with van der Waals surface area (Å²) in [6, 6.07) is 20.6. The number of aliphatic hydroxyl groups excluding tert-OH is 1. The average Bonchev–Trinajstić information content (AvgIpc) is 3.44. The number of aromatic nitrogens is 2. The van der Waals surface area contributed by atoms with Crippen LogP contribution in [0.3, 0.4) is 0 Å². The van der Waals surface area contributed by atoms with Gasteiger partial charge in [-0.2, -0.15) is 0 Å². The first-order valence-corrected chi connectivity index (χ1v) is 14.4. The van der Waals surface area contributed by atoms with Crippen molar-refractivity contribution in [3.63, 3.8) is 0 Å². The fourth-order valence-electron chi connectivity index (χ4n) is 4.18. The van der Waals surface area contributed by atoms with Gasteiger partial charge in [-0.15, -0.1) is 0 Å². The zero-order valence-electron chi connectivity index (χ0n) is 22.3. The van der Waals surface area contributed by atoms with Crippen LogP contribution in [0.1, 0.15) is 21.5 Å². The second-order valence-corrected chi connectivity index (χ2v) is 11.5. The van der Waals surface area contributed by atoms with E-state index in [0.29, 0.717) is 11.3 Å². The molecule has 0 spiro atoms. The summed E-state index contributed by atoms with van der Waals surface area (Å²) in [4.78, 5) is 33.1. The highest BCUT2D eigenvalue weighted by atomic mass is 32.2. The van der Waals surface area contributed by atoms with Crippen molar-refractivity contribution in [2.75, 3.05) is 22.9 Å². The molecule has 0 saturated heterocycles. The molecule has 0 aliphatic rings. The van der Waals surface area contributed by atoms with Crippen molar-refractivity contribution in [1.29, 1.82) is 0 Å². The van der Waals surface area contributed by atoms with E-state index in [4.69, 9.17) is 0 Å². The lowest BCUT2D eigenvalue weighted by atomic mass is 9.98. The quantitative estimate of drug-likeness (QED) is 0.234. The largest absolute Gasteiger partial charge is 0.381 e. The summed E-state index contributed by atoms with van der Waals surface area (Å²) in [5, 5.41) is 16.3. The van der Waals surface area contributed by atoms with Crippen LogP contribution in [-0.4, -0.2) is 60.8 Å². The van der Waals surface area contributed by atoms with Crippen molar-refractivity contribution >= 4 is 33.5 Å². The maximum atomic E-state index is 13.6. The number of rotatable bonds is 10. The number of aromatic amines is 1. The number of amides is 2. The molecule has 0 aliphatic carbocycles. The Morgan fingerprint density at radius 3 is 2.42 bits per heavy atom. The molecule has 2 atom stereocenters. The standard InChI is InChI=1S/C29H31N5O5S/c1-19-8-7-11-21(14-19)22-16-23(18-24(17-22)34(2)40(3,38)39)27(36)32-25(15-20-9-5-4-6-10-20)26(35)28(37)33-29-30-12-13-31-29/h4-14,16-18,25-26,35H,15H2,1-3H3,(H,32,36)(H2,30,31,33,37)/t25-,26+/m0/s1.